The van der Waals surface area contributed by atoms with Gasteiger partial charge in [-0.1, -0.05) is 30.0 Å². The number of ketones is 1. The van der Waals surface area contributed by atoms with Crippen LogP contribution in [0.5, 0.6) is 0 Å². The van der Waals surface area contributed by atoms with Crippen LogP contribution >= 0.6 is 11.8 Å². The first-order valence-electron chi connectivity index (χ1n) is 9.11. The lowest BCUT2D eigenvalue weighted by molar-refractivity contribution is -0.115. The highest BCUT2D eigenvalue weighted by Gasteiger charge is 2.34. The number of nitrogens with zero attached hydrogens (tertiary/aromatic N) is 3. The molecular formula is C21H20N4O2S. The highest BCUT2D eigenvalue weighted by Crippen LogP contribution is 2.41. The summed E-state index contributed by atoms with van der Waals surface area (Å²) in [6.07, 6.45) is 2.73. The molecule has 4 rings (SSSR count). The minimum atomic E-state index is -0.354. The van der Waals surface area contributed by atoms with E-state index in [0.717, 1.165) is 22.8 Å². The molecule has 7 heteroatoms. The van der Waals surface area contributed by atoms with Gasteiger partial charge in [0.2, 0.25) is 5.91 Å². The van der Waals surface area contributed by atoms with Crippen LogP contribution in [-0.2, 0) is 4.79 Å². The number of aliphatic imine (C=N–C) groups is 1. The summed E-state index contributed by atoms with van der Waals surface area (Å²) >= 11 is 1.39. The van der Waals surface area contributed by atoms with Crippen LogP contribution in [0.2, 0.25) is 0 Å². The number of para-hydroxylation sites is 1. The molecule has 0 spiro atoms. The molecule has 2 aromatic rings. The summed E-state index contributed by atoms with van der Waals surface area (Å²) in [7, 11) is 0. The van der Waals surface area contributed by atoms with Gasteiger partial charge in [0.1, 0.15) is 0 Å². The zero-order valence-electron chi connectivity index (χ0n) is 15.6. The van der Waals surface area contributed by atoms with Crippen LogP contribution in [0.4, 0.5) is 11.4 Å². The number of hydrazone groups is 1. The van der Waals surface area contributed by atoms with Gasteiger partial charge in [-0.2, -0.15) is 5.10 Å². The number of carbonyl (C=O) groups excluding carboxylic acids is 2. The monoisotopic (exact) mass is 392 g/mol. The summed E-state index contributed by atoms with van der Waals surface area (Å²) in [4.78, 5) is 28.7. The lowest BCUT2D eigenvalue weighted by Crippen LogP contribution is -2.31. The summed E-state index contributed by atoms with van der Waals surface area (Å²) in [5.74, 6) is -0.125. The van der Waals surface area contributed by atoms with Gasteiger partial charge < -0.3 is 5.32 Å². The van der Waals surface area contributed by atoms with Crippen molar-refractivity contribution in [2.24, 2.45) is 10.1 Å². The Labute approximate surface area is 167 Å². The largest absolute Gasteiger partial charge is 0.325 e. The molecular weight excluding hydrogens is 372 g/mol. The normalized spacial score (nSPS) is 18.1. The Bertz CT molecular complexity index is 984. The summed E-state index contributed by atoms with van der Waals surface area (Å²) in [5.41, 5.74) is 3.38. The van der Waals surface area contributed by atoms with Gasteiger partial charge in [-0.05, 0) is 44.2 Å². The van der Waals surface area contributed by atoms with E-state index in [0.29, 0.717) is 11.3 Å². The molecule has 1 N–H and O–H groups in total. The first-order chi connectivity index (χ1) is 13.5. The Balaban J connectivity index is 1.47. The summed E-state index contributed by atoms with van der Waals surface area (Å²) in [5, 5.41) is 9.62. The molecule has 28 heavy (non-hydrogen) atoms. The molecule has 0 fully saturated rings. The fraction of sp³-hybridized carbons (Fsp3) is 0.238. The van der Waals surface area contributed by atoms with E-state index in [4.69, 9.17) is 4.99 Å². The second-order valence-corrected chi connectivity index (χ2v) is 8.04. The molecule has 0 unspecified atom stereocenters. The van der Waals surface area contributed by atoms with Crippen molar-refractivity contribution in [2.75, 3.05) is 5.32 Å². The fourth-order valence-corrected chi connectivity index (χ4v) is 4.12. The molecule has 2 aliphatic rings. The van der Waals surface area contributed by atoms with Crippen molar-refractivity contribution in [2.45, 2.75) is 31.6 Å². The van der Waals surface area contributed by atoms with E-state index in [1.54, 1.807) is 24.3 Å². The Morgan fingerprint density at radius 3 is 2.68 bits per heavy atom. The number of nitrogens with one attached hydrogen (secondary N) is 1. The molecule has 0 aromatic heterocycles. The van der Waals surface area contributed by atoms with Crippen molar-refractivity contribution in [1.29, 1.82) is 0 Å². The zero-order valence-corrected chi connectivity index (χ0v) is 16.4. The minimum absolute atomic E-state index is 0.00175. The van der Waals surface area contributed by atoms with Gasteiger partial charge in [0.25, 0.3) is 0 Å². The minimum Gasteiger partial charge on any atom is -0.325 e. The molecule has 0 aliphatic carbocycles. The first kappa shape index (κ1) is 18.4. The third-order valence-corrected chi connectivity index (χ3v) is 5.80. The van der Waals surface area contributed by atoms with Crippen LogP contribution in [0.25, 0.3) is 0 Å². The van der Waals surface area contributed by atoms with Crippen molar-refractivity contribution in [3.63, 3.8) is 0 Å². The maximum Gasteiger partial charge on any atom is 0.237 e. The maximum absolute atomic E-state index is 12.6. The fourth-order valence-electron chi connectivity index (χ4n) is 3.21. The summed E-state index contributed by atoms with van der Waals surface area (Å²) < 4.78 is 0. The third kappa shape index (κ3) is 3.57. The Morgan fingerprint density at radius 1 is 1.18 bits per heavy atom. The van der Waals surface area contributed by atoms with E-state index < -0.39 is 0 Å². The average molecular weight is 392 g/mol. The maximum atomic E-state index is 12.6. The number of hydrogen-bond donors (Lipinski definition) is 1. The quantitative estimate of drug-likeness (QED) is 0.784. The smallest absolute Gasteiger partial charge is 0.237 e. The number of benzene rings is 2. The molecule has 0 bridgehead atoms. The predicted molar refractivity (Wildman–Crippen MR) is 113 cm³/mol. The van der Waals surface area contributed by atoms with Crippen LogP contribution in [0.1, 0.15) is 42.2 Å². The SMILES string of the molecule is CC(=O)c1ccc(NC(=O)[C@@H](C)SC2=Nc3ccccc3[C@H]3CC=NN23)cc1. The van der Waals surface area contributed by atoms with E-state index >= 15 is 0 Å². The number of fused-ring (bicyclic) bond motifs is 3. The number of carbonyl (C=O) groups is 2. The van der Waals surface area contributed by atoms with Gasteiger partial charge in [0.15, 0.2) is 11.0 Å². The third-order valence-electron chi connectivity index (χ3n) is 4.75. The number of rotatable bonds is 4. The summed E-state index contributed by atoms with van der Waals surface area (Å²) in [6, 6.07) is 15.1. The number of thioether (sulfide) groups is 1. The average Bonchev–Trinajstić information content (AvgIpc) is 3.19. The second-order valence-electron chi connectivity index (χ2n) is 6.73. The van der Waals surface area contributed by atoms with E-state index in [9.17, 15) is 9.59 Å². The van der Waals surface area contributed by atoms with E-state index in [1.807, 2.05) is 36.3 Å². The van der Waals surface area contributed by atoms with E-state index in [2.05, 4.69) is 16.5 Å². The second kappa shape index (κ2) is 7.59. The standard InChI is InChI=1S/C21H20N4O2S/c1-13(26)15-7-9-16(10-8-15)23-20(27)14(2)28-21-24-18-6-4-3-5-17(18)19-11-12-22-25(19)21/h3-10,12,14,19H,11H2,1-2H3,(H,23,27)/t14-,19-/m1/s1. The highest BCUT2D eigenvalue weighted by molar-refractivity contribution is 8.14. The molecule has 2 aromatic carbocycles. The van der Waals surface area contributed by atoms with Crippen LogP contribution in [0.3, 0.4) is 0 Å². The lowest BCUT2D eigenvalue weighted by atomic mass is 10.0. The molecule has 2 heterocycles. The van der Waals surface area contributed by atoms with Crippen molar-refractivity contribution < 1.29 is 9.59 Å². The number of hydrogen-bond acceptors (Lipinski definition) is 6. The van der Waals surface area contributed by atoms with Crippen molar-refractivity contribution in [3.8, 4) is 0 Å². The molecule has 2 aliphatic heterocycles. The van der Waals surface area contributed by atoms with Gasteiger partial charge in [-0.3, -0.25) is 9.59 Å². The van der Waals surface area contributed by atoms with Crippen molar-refractivity contribution in [1.82, 2.24) is 5.01 Å². The van der Waals surface area contributed by atoms with Crippen LogP contribution in [-0.4, -0.2) is 33.3 Å². The molecule has 1 amide bonds. The summed E-state index contributed by atoms with van der Waals surface area (Å²) in [6.45, 7) is 3.37. The predicted octanol–water partition coefficient (Wildman–Crippen LogP) is 4.38. The highest BCUT2D eigenvalue weighted by atomic mass is 32.2. The Hall–Kier alpha value is -2.93. The Morgan fingerprint density at radius 2 is 1.93 bits per heavy atom. The van der Waals surface area contributed by atoms with Gasteiger partial charge in [-0.25, -0.2) is 10.0 Å². The van der Waals surface area contributed by atoms with Crippen LogP contribution in [0, 0.1) is 0 Å². The first-order valence-corrected chi connectivity index (χ1v) is 9.98. The molecule has 0 radical (unpaired) electrons. The van der Waals surface area contributed by atoms with Gasteiger partial charge in [-0.15, -0.1) is 0 Å². The number of anilines is 1. The van der Waals surface area contributed by atoms with E-state index in [-0.39, 0.29) is 23.0 Å². The zero-order chi connectivity index (χ0) is 19.7. The number of amidine groups is 1. The van der Waals surface area contributed by atoms with Crippen molar-refractivity contribution >= 4 is 46.2 Å². The van der Waals surface area contributed by atoms with Gasteiger partial charge in [0.05, 0.1) is 17.0 Å². The van der Waals surface area contributed by atoms with Crippen molar-refractivity contribution in [3.05, 3.63) is 59.7 Å². The van der Waals surface area contributed by atoms with E-state index in [1.165, 1.54) is 18.7 Å². The van der Waals surface area contributed by atoms with Crippen LogP contribution < -0.4 is 5.32 Å². The number of Topliss-reactive ketones (excluding diaryl/α,β-unsaturated/α-hetero) is 1. The molecule has 0 saturated heterocycles. The van der Waals surface area contributed by atoms with Crippen LogP contribution in [0.15, 0.2) is 58.6 Å². The lowest BCUT2D eigenvalue weighted by Gasteiger charge is -2.30. The Kier molecular flexibility index (Phi) is 5.00. The molecule has 2 atom stereocenters. The molecule has 0 saturated carbocycles. The molecule has 6 nitrogen and oxygen atoms in total. The van der Waals surface area contributed by atoms with Gasteiger partial charge >= 0.3 is 0 Å². The number of amides is 1. The molecule has 142 valence electrons. The topological polar surface area (TPSA) is 74.1 Å². The van der Waals surface area contributed by atoms with Gasteiger partial charge in [0, 0.05) is 29.4 Å².